The van der Waals surface area contributed by atoms with Crippen molar-refractivity contribution in [3.05, 3.63) is 29.8 Å². The minimum atomic E-state index is 0.212. The molecular formula is C15H23NO. The minimum absolute atomic E-state index is 0.212. The smallest absolute Gasteiger partial charge is 0.119 e. The van der Waals surface area contributed by atoms with E-state index in [2.05, 4.69) is 38.1 Å². The van der Waals surface area contributed by atoms with E-state index < -0.39 is 0 Å². The lowest BCUT2D eigenvalue weighted by Gasteiger charge is -2.18. The van der Waals surface area contributed by atoms with Crippen LogP contribution in [0.25, 0.3) is 0 Å². The molecular weight excluding hydrogens is 210 g/mol. The minimum Gasteiger partial charge on any atom is -0.489 e. The summed E-state index contributed by atoms with van der Waals surface area (Å²) in [5.74, 6) is 1.58. The topological polar surface area (TPSA) is 35.2 Å². The lowest BCUT2D eigenvalue weighted by molar-refractivity contribution is 0.191. The van der Waals surface area contributed by atoms with E-state index in [1.54, 1.807) is 0 Å². The maximum Gasteiger partial charge on any atom is 0.119 e. The molecule has 3 atom stereocenters. The van der Waals surface area contributed by atoms with Crippen LogP contribution in [0.1, 0.15) is 51.0 Å². The molecule has 1 aromatic carbocycles. The lowest BCUT2D eigenvalue weighted by atomic mass is 9.99. The number of nitrogens with two attached hydrogens (primary N) is 1. The van der Waals surface area contributed by atoms with Crippen LogP contribution >= 0.6 is 0 Å². The van der Waals surface area contributed by atoms with Crippen LogP contribution in [0, 0.1) is 0 Å². The van der Waals surface area contributed by atoms with E-state index in [1.807, 2.05) is 0 Å². The molecule has 0 bridgehead atoms. The van der Waals surface area contributed by atoms with E-state index in [0.29, 0.717) is 5.92 Å². The maximum absolute atomic E-state index is 6.00. The lowest BCUT2D eigenvalue weighted by Crippen LogP contribution is -2.33. The Morgan fingerprint density at radius 3 is 2.53 bits per heavy atom. The summed E-state index contributed by atoms with van der Waals surface area (Å²) in [6, 6.07) is 8.71. The summed E-state index contributed by atoms with van der Waals surface area (Å²) in [4.78, 5) is 0. The van der Waals surface area contributed by atoms with Gasteiger partial charge < -0.3 is 10.5 Å². The molecule has 2 rings (SSSR count). The van der Waals surface area contributed by atoms with Crippen LogP contribution in [0.5, 0.6) is 5.75 Å². The quantitative estimate of drug-likeness (QED) is 0.864. The molecule has 0 saturated heterocycles. The van der Waals surface area contributed by atoms with Crippen molar-refractivity contribution in [1.29, 1.82) is 0 Å². The Morgan fingerprint density at radius 1 is 1.29 bits per heavy atom. The van der Waals surface area contributed by atoms with Gasteiger partial charge in [0.2, 0.25) is 0 Å². The summed E-state index contributed by atoms with van der Waals surface area (Å²) in [5.41, 5.74) is 7.39. The second-order valence-corrected chi connectivity index (χ2v) is 5.13. The number of benzene rings is 1. The van der Waals surface area contributed by atoms with Gasteiger partial charge in [0.1, 0.15) is 11.9 Å². The summed E-state index contributed by atoms with van der Waals surface area (Å²) in [6.45, 7) is 4.47. The summed E-state index contributed by atoms with van der Waals surface area (Å²) < 4.78 is 5.93. The predicted molar refractivity (Wildman–Crippen MR) is 71.4 cm³/mol. The van der Waals surface area contributed by atoms with Gasteiger partial charge in [0, 0.05) is 6.04 Å². The summed E-state index contributed by atoms with van der Waals surface area (Å²) >= 11 is 0. The number of rotatable bonds is 4. The van der Waals surface area contributed by atoms with Crippen molar-refractivity contribution in [2.24, 2.45) is 5.73 Å². The van der Waals surface area contributed by atoms with E-state index in [-0.39, 0.29) is 12.1 Å². The average Bonchev–Trinajstić information content (AvgIpc) is 2.75. The van der Waals surface area contributed by atoms with E-state index in [9.17, 15) is 0 Å². The molecule has 2 N–H and O–H groups in total. The van der Waals surface area contributed by atoms with Crippen LogP contribution in [0.2, 0.25) is 0 Å². The highest BCUT2D eigenvalue weighted by Gasteiger charge is 2.25. The molecule has 1 fully saturated rings. The third-order valence-electron chi connectivity index (χ3n) is 3.85. The molecule has 2 heteroatoms. The third-order valence-corrected chi connectivity index (χ3v) is 3.85. The molecule has 1 aliphatic carbocycles. The number of hydrogen-bond acceptors (Lipinski definition) is 2. The molecule has 17 heavy (non-hydrogen) atoms. The molecule has 2 nitrogen and oxygen atoms in total. The summed E-state index contributed by atoms with van der Waals surface area (Å²) in [7, 11) is 0. The molecule has 0 heterocycles. The fourth-order valence-electron chi connectivity index (χ4n) is 2.39. The van der Waals surface area contributed by atoms with Gasteiger partial charge in [0.25, 0.3) is 0 Å². The second kappa shape index (κ2) is 5.54. The van der Waals surface area contributed by atoms with Crippen LogP contribution in [-0.4, -0.2) is 12.1 Å². The highest BCUT2D eigenvalue weighted by molar-refractivity contribution is 5.29. The van der Waals surface area contributed by atoms with Gasteiger partial charge in [0.05, 0.1) is 0 Å². The Hall–Kier alpha value is -1.02. The van der Waals surface area contributed by atoms with Crippen LogP contribution in [0.15, 0.2) is 24.3 Å². The van der Waals surface area contributed by atoms with E-state index in [1.165, 1.54) is 18.4 Å². The molecule has 3 unspecified atom stereocenters. The molecule has 94 valence electrons. The van der Waals surface area contributed by atoms with Crippen molar-refractivity contribution in [3.63, 3.8) is 0 Å². The molecule has 1 aliphatic rings. The van der Waals surface area contributed by atoms with Gasteiger partial charge in [-0.3, -0.25) is 0 Å². The van der Waals surface area contributed by atoms with Crippen molar-refractivity contribution >= 4 is 0 Å². The summed E-state index contributed by atoms with van der Waals surface area (Å²) in [6.07, 6.45) is 4.76. The Balaban J connectivity index is 1.98. The Labute approximate surface area is 104 Å². The maximum atomic E-state index is 6.00. The zero-order chi connectivity index (χ0) is 12.3. The number of ether oxygens (including phenoxy) is 1. The average molecular weight is 233 g/mol. The van der Waals surface area contributed by atoms with Gasteiger partial charge in [-0.1, -0.05) is 26.0 Å². The van der Waals surface area contributed by atoms with Crippen molar-refractivity contribution < 1.29 is 4.74 Å². The van der Waals surface area contributed by atoms with Crippen LogP contribution < -0.4 is 10.5 Å². The first kappa shape index (κ1) is 12.4. The van der Waals surface area contributed by atoms with Gasteiger partial charge in [-0.15, -0.1) is 0 Å². The van der Waals surface area contributed by atoms with Gasteiger partial charge in [-0.25, -0.2) is 0 Å². The van der Waals surface area contributed by atoms with Gasteiger partial charge in [-0.05, 0) is 49.3 Å². The monoisotopic (exact) mass is 233 g/mol. The highest BCUT2D eigenvalue weighted by atomic mass is 16.5. The first-order chi connectivity index (χ1) is 8.20. The molecule has 0 amide bonds. The molecule has 0 aromatic heterocycles. The molecule has 1 saturated carbocycles. The molecule has 0 radical (unpaired) electrons. The Bertz CT molecular complexity index is 346. The van der Waals surface area contributed by atoms with Crippen molar-refractivity contribution in [2.75, 3.05) is 0 Å². The predicted octanol–water partition coefficient (Wildman–Crippen LogP) is 3.46. The first-order valence-corrected chi connectivity index (χ1v) is 6.73. The number of hydrogen-bond donors (Lipinski definition) is 1. The zero-order valence-corrected chi connectivity index (χ0v) is 10.9. The van der Waals surface area contributed by atoms with Crippen LogP contribution in [-0.2, 0) is 0 Å². The zero-order valence-electron chi connectivity index (χ0n) is 10.9. The van der Waals surface area contributed by atoms with E-state index >= 15 is 0 Å². The second-order valence-electron chi connectivity index (χ2n) is 5.13. The van der Waals surface area contributed by atoms with Crippen LogP contribution in [0.4, 0.5) is 0 Å². The van der Waals surface area contributed by atoms with Gasteiger partial charge in [-0.2, -0.15) is 0 Å². The first-order valence-electron chi connectivity index (χ1n) is 6.73. The van der Waals surface area contributed by atoms with Crippen LogP contribution in [0.3, 0.4) is 0 Å². The van der Waals surface area contributed by atoms with Gasteiger partial charge in [0.15, 0.2) is 0 Å². The van der Waals surface area contributed by atoms with E-state index in [4.69, 9.17) is 10.5 Å². The highest BCUT2D eigenvalue weighted by Crippen LogP contribution is 2.25. The molecule has 1 aromatic rings. The van der Waals surface area contributed by atoms with E-state index in [0.717, 1.165) is 18.6 Å². The third kappa shape index (κ3) is 3.01. The Morgan fingerprint density at radius 2 is 2.00 bits per heavy atom. The SMILES string of the molecule is CCC(C)c1ccc(OC2CCCC2N)cc1. The van der Waals surface area contributed by atoms with Crippen molar-refractivity contribution in [1.82, 2.24) is 0 Å². The molecule has 0 aliphatic heterocycles. The van der Waals surface area contributed by atoms with Gasteiger partial charge >= 0.3 is 0 Å². The largest absolute Gasteiger partial charge is 0.489 e. The standard InChI is InChI=1S/C15H23NO/c1-3-11(2)12-7-9-13(10-8-12)17-15-6-4-5-14(15)16/h7-11,14-15H,3-6,16H2,1-2H3. The fraction of sp³-hybridized carbons (Fsp3) is 0.600. The van der Waals surface area contributed by atoms with Crippen molar-refractivity contribution in [3.8, 4) is 5.75 Å². The Kier molecular flexibility index (Phi) is 4.06. The fourth-order valence-corrected chi connectivity index (χ4v) is 2.39. The normalized spacial score (nSPS) is 25.8. The molecule has 0 spiro atoms. The summed E-state index contributed by atoms with van der Waals surface area (Å²) in [5, 5.41) is 0. The van der Waals surface area contributed by atoms with Crippen molar-refractivity contribution in [2.45, 2.75) is 57.6 Å².